The predicted molar refractivity (Wildman–Crippen MR) is 335 cm³/mol. The Morgan fingerprint density at radius 1 is 0.266 bits per heavy atom. The minimum Gasteiger partial charge on any atom is -0.456 e. The highest BCUT2D eigenvalue weighted by Crippen LogP contribution is 2.46. The van der Waals surface area contributed by atoms with Crippen LogP contribution in [0.4, 0.5) is 17.1 Å². The molecule has 2 heterocycles. The van der Waals surface area contributed by atoms with E-state index in [1.54, 1.807) is 0 Å². The van der Waals surface area contributed by atoms with Crippen molar-refractivity contribution in [2.45, 2.75) is 0 Å². The second-order valence-corrected chi connectivity index (χ2v) is 20.8. The van der Waals surface area contributed by atoms with E-state index >= 15 is 0 Å². The Kier molecular flexibility index (Phi) is 10.3. The average Bonchev–Trinajstić information content (AvgIpc) is 4.31. The van der Waals surface area contributed by atoms with Crippen LogP contribution in [-0.4, -0.2) is 4.57 Å². The van der Waals surface area contributed by atoms with E-state index in [1.807, 2.05) is 6.07 Å². The van der Waals surface area contributed by atoms with Crippen molar-refractivity contribution in [1.29, 1.82) is 0 Å². The lowest BCUT2D eigenvalue weighted by molar-refractivity contribution is 0.669. The number of hydrogen-bond donors (Lipinski definition) is 0. The third-order valence-electron chi connectivity index (χ3n) is 16.4. The van der Waals surface area contributed by atoms with Crippen LogP contribution in [0.25, 0.3) is 137 Å². The van der Waals surface area contributed by atoms with E-state index in [4.69, 9.17) is 4.42 Å². The lowest BCUT2D eigenvalue weighted by atomic mass is 9.92. The van der Waals surface area contributed by atoms with Gasteiger partial charge in [0, 0.05) is 33.1 Å². The van der Waals surface area contributed by atoms with Gasteiger partial charge in [-0.3, -0.25) is 0 Å². The predicted octanol–water partition coefficient (Wildman–Crippen LogP) is 21.4. The molecule has 3 heteroatoms. The number of rotatable bonds is 8. The number of aromatic nitrogens is 1. The molecule has 0 atom stereocenters. The van der Waals surface area contributed by atoms with Gasteiger partial charge in [0.25, 0.3) is 0 Å². The van der Waals surface area contributed by atoms with Crippen molar-refractivity contribution in [3.8, 4) is 50.2 Å². The van der Waals surface area contributed by atoms with Crippen molar-refractivity contribution in [2.75, 3.05) is 4.90 Å². The lowest BCUT2D eigenvalue weighted by Gasteiger charge is -2.26. The van der Waals surface area contributed by atoms with Crippen molar-refractivity contribution in [3.63, 3.8) is 0 Å². The molecule has 16 aromatic rings. The van der Waals surface area contributed by atoms with E-state index in [-0.39, 0.29) is 0 Å². The van der Waals surface area contributed by atoms with Crippen LogP contribution in [-0.2, 0) is 0 Å². The van der Waals surface area contributed by atoms with Crippen LogP contribution >= 0.6 is 0 Å². The summed E-state index contributed by atoms with van der Waals surface area (Å²) in [5.41, 5.74) is 17.8. The van der Waals surface area contributed by atoms with Gasteiger partial charge in [-0.25, -0.2) is 0 Å². The van der Waals surface area contributed by atoms with Gasteiger partial charge in [-0.15, -0.1) is 0 Å². The summed E-state index contributed by atoms with van der Waals surface area (Å²) in [4.78, 5) is 2.37. The first-order valence-corrected chi connectivity index (χ1v) is 27.1. The molecule has 0 aliphatic rings. The van der Waals surface area contributed by atoms with Gasteiger partial charge >= 0.3 is 0 Å². The van der Waals surface area contributed by atoms with Crippen LogP contribution in [0, 0.1) is 0 Å². The van der Waals surface area contributed by atoms with Gasteiger partial charge in [-0.05, 0) is 167 Å². The minimum absolute atomic E-state index is 0.861. The molecule has 2 aromatic heterocycles. The van der Waals surface area contributed by atoms with Gasteiger partial charge in [0.15, 0.2) is 0 Å². The fraction of sp³-hybridized carbons (Fsp3) is 0. The second kappa shape index (κ2) is 18.1. The summed E-state index contributed by atoms with van der Waals surface area (Å²) in [5, 5.41) is 14.7. The average molecular weight is 1010 g/mol. The van der Waals surface area contributed by atoms with Gasteiger partial charge in [0.2, 0.25) is 0 Å². The minimum atomic E-state index is 0.861. The zero-order chi connectivity index (χ0) is 52.0. The summed E-state index contributed by atoms with van der Waals surface area (Å²) >= 11 is 0. The third kappa shape index (κ3) is 7.35. The molecule has 0 bridgehead atoms. The summed E-state index contributed by atoms with van der Waals surface area (Å²) in [7, 11) is 0. The molecule has 0 N–H and O–H groups in total. The number of benzene rings is 14. The monoisotopic (exact) mass is 1000 g/mol. The van der Waals surface area contributed by atoms with Gasteiger partial charge in [-0.2, -0.15) is 0 Å². The Bertz CT molecular complexity index is 5030. The molecule has 3 nitrogen and oxygen atoms in total. The fourth-order valence-corrected chi connectivity index (χ4v) is 12.6. The van der Waals surface area contributed by atoms with Crippen molar-refractivity contribution in [3.05, 3.63) is 291 Å². The van der Waals surface area contributed by atoms with Crippen LogP contribution in [0.5, 0.6) is 0 Å². The van der Waals surface area contributed by atoms with Gasteiger partial charge in [-0.1, -0.05) is 206 Å². The topological polar surface area (TPSA) is 21.3 Å². The summed E-state index contributed by atoms with van der Waals surface area (Å²) in [6.45, 7) is 0. The van der Waals surface area contributed by atoms with E-state index in [0.29, 0.717) is 0 Å². The Hall–Kier alpha value is -10.5. The zero-order valence-corrected chi connectivity index (χ0v) is 43.0. The molecule has 0 radical (unpaired) electrons. The van der Waals surface area contributed by atoms with Gasteiger partial charge < -0.3 is 13.9 Å². The maximum atomic E-state index is 6.46. The van der Waals surface area contributed by atoms with Crippen LogP contribution in [0.2, 0.25) is 0 Å². The van der Waals surface area contributed by atoms with Crippen LogP contribution in [0.3, 0.4) is 0 Å². The molecule has 0 fully saturated rings. The molecular weight excluding hydrogens is 957 g/mol. The van der Waals surface area contributed by atoms with E-state index in [1.165, 1.54) is 87.2 Å². The lowest BCUT2D eigenvalue weighted by Crippen LogP contribution is -2.10. The molecule has 0 unspecified atom stereocenters. The second-order valence-electron chi connectivity index (χ2n) is 20.8. The van der Waals surface area contributed by atoms with Crippen LogP contribution < -0.4 is 4.90 Å². The van der Waals surface area contributed by atoms with Crippen LogP contribution in [0.1, 0.15) is 0 Å². The van der Waals surface area contributed by atoms with E-state index in [0.717, 1.165) is 66.8 Å². The summed E-state index contributed by atoms with van der Waals surface area (Å²) in [6, 6.07) is 106. The van der Waals surface area contributed by atoms with E-state index < -0.39 is 0 Å². The van der Waals surface area contributed by atoms with E-state index in [2.05, 4.69) is 295 Å². The maximum absolute atomic E-state index is 6.46. The largest absolute Gasteiger partial charge is 0.456 e. The number of furan rings is 1. The first kappa shape index (κ1) is 44.8. The standard InChI is InChI=1S/C76H48N2O/c1-2-15-49(16-3-1)51-31-38-58(39-32-51)77(73-26-14-28-75-76(73)66-24-11-13-27-74(66)79-75)59-40-33-52(34-41-59)55-36-43-71-68(46-55)69-47-56(54-30-29-50-17-4-5-18-53(50)45-54)37-44-72(69)78(71)70-25-12-10-19-60(70)57-35-42-65-63-22-7-6-20-61(63)62-21-8-9-23-64(62)67(65)48-57/h1-48H. The first-order chi connectivity index (χ1) is 39.2. The van der Waals surface area contributed by atoms with Crippen molar-refractivity contribution in [2.24, 2.45) is 0 Å². The van der Waals surface area contributed by atoms with E-state index in [9.17, 15) is 0 Å². The highest BCUT2D eigenvalue weighted by molar-refractivity contribution is 6.26. The number of fused-ring (bicyclic) bond motifs is 13. The molecule has 16 rings (SSSR count). The number of nitrogens with zero attached hydrogens (tertiary/aromatic N) is 2. The molecule has 368 valence electrons. The molecule has 0 aliphatic carbocycles. The highest BCUT2D eigenvalue weighted by atomic mass is 16.3. The molecule has 0 spiro atoms. The summed E-state index contributed by atoms with van der Waals surface area (Å²) < 4.78 is 8.94. The van der Waals surface area contributed by atoms with Gasteiger partial charge in [0.1, 0.15) is 11.2 Å². The quantitative estimate of drug-likeness (QED) is 0.142. The zero-order valence-electron chi connectivity index (χ0n) is 43.0. The molecule has 0 aliphatic heterocycles. The molecule has 79 heavy (non-hydrogen) atoms. The first-order valence-electron chi connectivity index (χ1n) is 27.1. The Morgan fingerprint density at radius 2 is 0.734 bits per heavy atom. The maximum Gasteiger partial charge on any atom is 0.137 e. The smallest absolute Gasteiger partial charge is 0.137 e. The third-order valence-corrected chi connectivity index (χ3v) is 16.4. The molecular formula is C76H48N2O. The SMILES string of the molecule is c1ccc(-c2ccc(N(c3ccc(-c4ccc5c(c4)c4cc(-c6ccc7ccccc7c6)ccc4n5-c4ccccc4-c4ccc5c6ccccc6c6ccccc6c5c4)cc3)c3cccc4oc5ccccc5c34)cc2)cc1. The van der Waals surface area contributed by atoms with Crippen molar-refractivity contribution < 1.29 is 4.42 Å². The molecule has 0 saturated carbocycles. The summed E-state index contributed by atoms with van der Waals surface area (Å²) in [5.74, 6) is 0. The molecule has 0 saturated heterocycles. The number of hydrogen-bond acceptors (Lipinski definition) is 2. The van der Waals surface area contributed by atoms with Gasteiger partial charge in [0.05, 0.1) is 27.8 Å². The normalized spacial score (nSPS) is 11.8. The summed E-state index contributed by atoms with van der Waals surface area (Å²) in [6.07, 6.45) is 0. The fourth-order valence-electron chi connectivity index (χ4n) is 12.6. The van der Waals surface area contributed by atoms with Crippen molar-refractivity contribution in [1.82, 2.24) is 4.57 Å². The van der Waals surface area contributed by atoms with Crippen molar-refractivity contribution >= 4 is 104 Å². The Morgan fingerprint density at radius 3 is 1.43 bits per heavy atom. The number of para-hydroxylation sites is 2. The Labute approximate surface area is 456 Å². The van der Waals surface area contributed by atoms with Crippen LogP contribution in [0.15, 0.2) is 296 Å². The highest BCUT2D eigenvalue weighted by Gasteiger charge is 2.22. The Balaban J connectivity index is 0.855. The number of anilines is 3. The molecule has 0 amide bonds. The molecule has 14 aromatic carbocycles.